The van der Waals surface area contributed by atoms with E-state index in [1.165, 1.54) is 31.2 Å². The average molecular weight is 323 g/mol. The van der Waals surface area contributed by atoms with Crippen molar-refractivity contribution in [2.75, 3.05) is 18.0 Å². The molecule has 1 saturated heterocycles. The maximum atomic E-state index is 13.7. The largest absolute Gasteiger partial charge is 0.365 e. The molecule has 0 bridgehead atoms. The lowest BCUT2D eigenvalue weighted by molar-refractivity contribution is -0.0652. The number of hydrogen-bond donors (Lipinski definition) is 1. The normalized spacial score (nSPS) is 20.7. The fourth-order valence-corrected chi connectivity index (χ4v) is 2.84. The van der Waals surface area contributed by atoms with Crippen molar-refractivity contribution in [3.63, 3.8) is 0 Å². The molecule has 1 aliphatic rings. The minimum Gasteiger partial charge on any atom is -0.365 e. The highest BCUT2D eigenvalue weighted by Gasteiger charge is 2.42. The Morgan fingerprint density at radius 1 is 1.39 bits per heavy atom. The van der Waals surface area contributed by atoms with Gasteiger partial charge in [0.2, 0.25) is 0 Å². The van der Waals surface area contributed by atoms with Crippen molar-refractivity contribution in [3.8, 4) is 0 Å². The summed E-state index contributed by atoms with van der Waals surface area (Å²) in [4.78, 5) is 17.7. The smallest absolute Gasteiger partial charge is 0.254 e. The van der Waals surface area contributed by atoms with Crippen LogP contribution in [-0.4, -0.2) is 29.9 Å². The zero-order chi connectivity index (χ0) is 16.8. The van der Waals surface area contributed by atoms with Crippen molar-refractivity contribution in [2.24, 2.45) is 11.7 Å². The van der Waals surface area contributed by atoms with Gasteiger partial charge < -0.3 is 10.6 Å². The van der Waals surface area contributed by atoms with E-state index in [0.717, 1.165) is 0 Å². The number of nitrogens with zero attached hydrogens (tertiary/aromatic N) is 2. The molecule has 4 nitrogen and oxygen atoms in total. The van der Waals surface area contributed by atoms with Gasteiger partial charge in [0, 0.05) is 30.8 Å². The number of hydrogen-bond acceptors (Lipinski definition) is 3. The number of primary amides is 1. The van der Waals surface area contributed by atoms with Crippen LogP contribution in [0.15, 0.2) is 24.3 Å². The number of anilines is 1. The summed E-state index contributed by atoms with van der Waals surface area (Å²) in [6.45, 7) is 1.62. The highest BCUT2D eigenvalue weighted by atomic mass is 19.3. The molecule has 0 aliphatic carbocycles. The van der Waals surface area contributed by atoms with Crippen molar-refractivity contribution in [1.82, 2.24) is 4.98 Å². The standard InChI is InChI=1S/C16H16F3N3O/c1-9-8-22(5-4-16(9,18)19)15-12(14(20)23)7-10-6-11(17)2-3-13(10)21-15/h2-3,6-7,9H,4-5,8H2,1H3,(H2,20,23). The van der Waals surface area contributed by atoms with Gasteiger partial charge >= 0.3 is 0 Å². The molecule has 0 saturated carbocycles. The molecular formula is C16H16F3N3O. The van der Waals surface area contributed by atoms with Crippen molar-refractivity contribution >= 4 is 22.6 Å². The van der Waals surface area contributed by atoms with E-state index in [1.807, 2.05) is 0 Å². The predicted molar refractivity (Wildman–Crippen MR) is 81.2 cm³/mol. The molecule has 0 radical (unpaired) electrons. The monoisotopic (exact) mass is 323 g/mol. The highest BCUT2D eigenvalue weighted by molar-refractivity contribution is 6.01. The fourth-order valence-electron chi connectivity index (χ4n) is 2.84. The molecule has 122 valence electrons. The van der Waals surface area contributed by atoms with Gasteiger partial charge in [-0.1, -0.05) is 6.92 Å². The molecule has 1 fully saturated rings. The highest BCUT2D eigenvalue weighted by Crippen LogP contribution is 2.36. The van der Waals surface area contributed by atoms with Gasteiger partial charge in [-0.2, -0.15) is 0 Å². The van der Waals surface area contributed by atoms with E-state index in [-0.39, 0.29) is 30.9 Å². The van der Waals surface area contributed by atoms with E-state index in [0.29, 0.717) is 10.9 Å². The van der Waals surface area contributed by atoms with Crippen LogP contribution in [0.3, 0.4) is 0 Å². The summed E-state index contributed by atoms with van der Waals surface area (Å²) < 4.78 is 40.6. The van der Waals surface area contributed by atoms with Gasteiger partial charge in [-0.3, -0.25) is 4.79 Å². The first-order valence-corrected chi connectivity index (χ1v) is 7.31. The molecule has 1 amide bonds. The van der Waals surface area contributed by atoms with Crippen molar-refractivity contribution < 1.29 is 18.0 Å². The van der Waals surface area contributed by atoms with Crippen molar-refractivity contribution in [1.29, 1.82) is 0 Å². The summed E-state index contributed by atoms with van der Waals surface area (Å²) in [5.41, 5.74) is 5.99. The molecule has 0 spiro atoms. The number of fused-ring (bicyclic) bond motifs is 1. The number of benzene rings is 1. The molecule has 1 atom stereocenters. The second kappa shape index (κ2) is 5.40. The van der Waals surface area contributed by atoms with E-state index in [2.05, 4.69) is 4.98 Å². The van der Waals surface area contributed by atoms with Crippen molar-refractivity contribution in [2.45, 2.75) is 19.3 Å². The Morgan fingerprint density at radius 3 is 2.78 bits per heavy atom. The number of amides is 1. The van der Waals surface area contributed by atoms with Gasteiger partial charge in [0.25, 0.3) is 11.8 Å². The number of rotatable bonds is 2. The number of alkyl halides is 2. The molecular weight excluding hydrogens is 307 g/mol. The number of carbonyl (C=O) groups is 1. The lowest BCUT2D eigenvalue weighted by Crippen LogP contribution is -2.46. The number of pyridine rings is 1. The third-order valence-corrected chi connectivity index (χ3v) is 4.25. The second-order valence-electron chi connectivity index (χ2n) is 5.92. The molecule has 2 N–H and O–H groups in total. The van der Waals surface area contributed by atoms with Gasteiger partial charge in [0.15, 0.2) is 0 Å². The average Bonchev–Trinajstić information content (AvgIpc) is 2.48. The molecule has 1 aromatic heterocycles. The quantitative estimate of drug-likeness (QED) is 0.924. The van der Waals surface area contributed by atoms with E-state index in [4.69, 9.17) is 5.73 Å². The first kappa shape index (κ1) is 15.6. The van der Waals surface area contributed by atoms with Gasteiger partial charge in [0.1, 0.15) is 11.6 Å². The SMILES string of the molecule is CC1CN(c2nc3ccc(F)cc3cc2C(N)=O)CCC1(F)F. The first-order valence-electron chi connectivity index (χ1n) is 7.31. The maximum absolute atomic E-state index is 13.7. The summed E-state index contributed by atoms with van der Waals surface area (Å²) in [5.74, 6) is -4.48. The number of piperidine rings is 1. The summed E-state index contributed by atoms with van der Waals surface area (Å²) in [5, 5.41) is 0.443. The van der Waals surface area contributed by atoms with Crippen LogP contribution in [0.2, 0.25) is 0 Å². The maximum Gasteiger partial charge on any atom is 0.254 e. The lowest BCUT2D eigenvalue weighted by Gasteiger charge is -2.37. The van der Waals surface area contributed by atoms with Crippen LogP contribution in [0.4, 0.5) is 19.0 Å². The van der Waals surface area contributed by atoms with Gasteiger partial charge in [-0.15, -0.1) is 0 Å². The van der Waals surface area contributed by atoms with Crippen LogP contribution in [0.1, 0.15) is 23.7 Å². The van der Waals surface area contributed by atoms with Crippen molar-refractivity contribution in [3.05, 3.63) is 35.6 Å². The Balaban J connectivity index is 2.07. The Kier molecular flexibility index (Phi) is 3.66. The van der Waals surface area contributed by atoms with Gasteiger partial charge in [-0.25, -0.2) is 18.2 Å². The van der Waals surface area contributed by atoms with Crippen LogP contribution in [0.25, 0.3) is 10.9 Å². The summed E-state index contributed by atoms with van der Waals surface area (Å²) in [6, 6.07) is 5.46. The third-order valence-electron chi connectivity index (χ3n) is 4.25. The lowest BCUT2D eigenvalue weighted by atomic mass is 9.95. The number of halogens is 3. The molecule has 1 aromatic carbocycles. The Bertz CT molecular complexity index is 778. The van der Waals surface area contributed by atoms with Gasteiger partial charge in [-0.05, 0) is 24.3 Å². The van der Waals surface area contributed by atoms with E-state index in [9.17, 15) is 18.0 Å². The molecule has 1 unspecified atom stereocenters. The van der Waals surface area contributed by atoms with E-state index < -0.39 is 23.6 Å². The Labute approximate surface area is 131 Å². The predicted octanol–water partition coefficient (Wildman–Crippen LogP) is 2.95. The fraction of sp³-hybridized carbons (Fsp3) is 0.375. The van der Waals surface area contributed by atoms with Gasteiger partial charge in [0.05, 0.1) is 11.1 Å². The minimum atomic E-state index is -2.73. The topological polar surface area (TPSA) is 59.2 Å². The van der Waals surface area contributed by atoms with Crippen LogP contribution in [0, 0.1) is 11.7 Å². The molecule has 2 heterocycles. The number of nitrogens with two attached hydrogens (primary N) is 1. The van der Waals surface area contributed by atoms with E-state index in [1.54, 1.807) is 4.90 Å². The van der Waals surface area contributed by atoms with E-state index >= 15 is 0 Å². The van der Waals surface area contributed by atoms with Crippen LogP contribution >= 0.6 is 0 Å². The third kappa shape index (κ3) is 2.83. The van der Waals surface area contributed by atoms with Crippen LogP contribution < -0.4 is 10.6 Å². The molecule has 3 rings (SSSR count). The second-order valence-corrected chi connectivity index (χ2v) is 5.92. The first-order chi connectivity index (χ1) is 10.8. The summed E-state index contributed by atoms with van der Waals surface area (Å²) >= 11 is 0. The zero-order valence-electron chi connectivity index (χ0n) is 12.5. The zero-order valence-corrected chi connectivity index (χ0v) is 12.5. The summed E-state index contributed by atoms with van der Waals surface area (Å²) in [7, 11) is 0. The molecule has 1 aliphatic heterocycles. The molecule has 7 heteroatoms. The number of carbonyl (C=O) groups excluding carboxylic acids is 1. The van der Waals surface area contributed by atoms with Crippen LogP contribution in [-0.2, 0) is 0 Å². The number of aromatic nitrogens is 1. The molecule has 23 heavy (non-hydrogen) atoms. The summed E-state index contributed by atoms with van der Waals surface area (Å²) in [6.07, 6.45) is -0.310. The molecule has 2 aromatic rings. The van der Waals surface area contributed by atoms with Crippen LogP contribution in [0.5, 0.6) is 0 Å². The Morgan fingerprint density at radius 2 is 2.13 bits per heavy atom. The minimum absolute atomic E-state index is 0.0764. The Hall–Kier alpha value is -2.31.